The number of ether oxygens (including phenoxy) is 1. The lowest BCUT2D eigenvalue weighted by molar-refractivity contribution is 0.0299. The van der Waals surface area contributed by atoms with Gasteiger partial charge in [0.15, 0.2) is 0 Å². The summed E-state index contributed by atoms with van der Waals surface area (Å²) in [5.74, 6) is 0. The minimum absolute atomic E-state index is 0.387. The minimum atomic E-state index is -0.427. The number of thiophene rings is 1. The normalized spacial score (nSPS) is 13.1. The van der Waals surface area contributed by atoms with Crippen LogP contribution in [-0.4, -0.2) is 56.4 Å². The molecule has 2 N–H and O–H groups in total. The second-order valence-electron chi connectivity index (χ2n) is 4.61. The van der Waals surface area contributed by atoms with Gasteiger partial charge in [-0.15, -0.1) is 11.3 Å². The first kappa shape index (κ1) is 15.6. The second-order valence-corrected chi connectivity index (χ2v) is 5.64. The molecule has 0 amide bonds. The van der Waals surface area contributed by atoms with Crippen LogP contribution in [0.15, 0.2) is 17.5 Å². The molecular formula is C13H24N2O2S. The highest BCUT2D eigenvalue weighted by Gasteiger charge is 2.04. The van der Waals surface area contributed by atoms with Gasteiger partial charge in [0.25, 0.3) is 0 Å². The molecule has 0 aliphatic heterocycles. The van der Waals surface area contributed by atoms with E-state index in [1.54, 1.807) is 11.3 Å². The van der Waals surface area contributed by atoms with Gasteiger partial charge in [0.05, 0.1) is 19.3 Å². The van der Waals surface area contributed by atoms with Crippen LogP contribution in [0.3, 0.4) is 0 Å². The molecule has 0 aromatic carbocycles. The van der Waals surface area contributed by atoms with Gasteiger partial charge in [-0.25, -0.2) is 0 Å². The van der Waals surface area contributed by atoms with E-state index in [1.165, 1.54) is 4.88 Å². The second kappa shape index (κ2) is 9.47. The van der Waals surface area contributed by atoms with Crippen LogP contribution >= 0.6 is 11.3 Å². The number of nitrogens with zero attached hydrogens (tertiary/aromatic N) is 1. The van der Waals surface area contributed by atoms with Crippen LogP contribution < -0.4 is 5.32 Å². The third-order valence-electron chi connectivity index (χ3n) is 2.47. The van der Waals surface area contributed by atoms with E-state index in [-0.39, 0.29) is 0 Å². The van der Waals surface area contributed by atoms with Crippen molar-refractivity contribution in [3.8, 4) is 0 Å². The summed E-state index contributed by atoms with van der Waals surface area (Å²) in [7, 11) is 4.13. The van der Waals surface area contributed by atoms with Crippen molar-refractivity contribution >= 4 is 11.3 Å². The molecule has 5 heteroatoms. The Labute approximate surface area is 114 Å². The monoisotopic (exact) mass is 272 g/mol. The molecule has 4 nitrogen and oxygen atoms in total. The highest BCUT2D eigenvalue weighted by Crippen LogP contribution is 2.09. The Bertz CT molecular complexity index is 291. The fraction of sp³-hybridized carbons (Fsp3) is 0.692. The number of nitrogens with one attached hydrogen (secondary N) is 1. The zero-order valence-corrected chi connectivity index (χ0v) is 12.1. The van der Waals surface area contributed by atoms with Gasteiger partial charge in [0.1, 0.15) is 0 Å². The molecule has 0 saturated heterocycles. The average Bonchev–Trinajstić information content (AvgIpc) is 2.81. The van der Waals surface area contributed by atoms with Crippen LogP contribution in [0, 0.1) is 0 Å². The summed E-state index contributed by atoms with van der Waals surface area (Å²) >= 11 is 1.67. The number of hydrogen-bond donors (Lipinski definition) is 2. The van der Waals surface area contributed by atoms with E-state index in [9.17, 15) is 5.11 Å². The first-order valence-corrected chi connectivity index (χ1v) is 7.20. The van der Waals surface area contributed by atoms with Crippen molar-refractivity contribution in [3.05, 3.63) is 22.4 Å². The first-order chi connectivity index (χ1) is 8.68. The lowest BCUT2D eigenvalue weighted by Crippen LogP contribution is -2.32. The van der Waals surface area contributed by atoms with Gasteiger partial charge in [0.2, 0.25) is 0 Å². The summed E-state index contributed by atoms with van der Waals surface area (Å²) in [6, 6.07) is 4.04. The Morgan fingerprint density at radius 1 is 1.50 bits per heavy atom. The molecule has 1 atom stereocenters. The van der Waals surface area contributed by atoms with Gasteiger partial charge in [-0.3, -0.25) is 0 Å². The van der Waals surface area contributed by atoms with Crippen molar-refractivity contribution in [2.75, 3.05) is 40.3 Å². The van der Waals surface area contributed by atoms with E-state index >= 15 is 0 Å². The highest BCUT2D eigenvalue weighted by atomic mass is 32.1. The Kier molecular flexibility index (Phi) is 8.20. The van der Waals surface area contributed by atoms with Crippen LogP contribution in [0.5, 0.6) is 0 Å². The van der Waals surface area contributed by atoms with Gasteiger partial charge in [-0.05, 0) is 45.1 Å². The molecule has 1 aromatic rings. The predicted molar refractivity (Wildman–Crippen MR) is 76.0 cm³/mol. The van der Waals surface area contributed by atoms with E-state index in [1.807, 2.05) is 17.5 Å². The van der Waals surface area contributed by atoms with Crippen molar-refractivity contribution in [2.45, 2.75) is 19.1 Å². The third kappa shape index (κ3) is 7.79. The molecule has 1 heterocycles. The zero-order valence-electron chi connectivity index (χ0n) is 11.3. The smallest absolute Gasteiger partial charge is 0.0897 e. The van der Waals surface area contributed by atoms with E-state index < -0.39 is 6.10 Å². The van der Waals surface area contributed by atoms with Crippen LogP contribution in [-0.2, 0) is 11.3 Å². The van der Waals surface area contributed by atoms with E-state index in [0.717, 1.165) is 19.5 Å². The molecule has 104 valence electrons. The van der Waals surface area contributed by atoms with Crippen LogP contribution in [0.2, 0.25) is 0 Å². The maximum absolute atomic E-state index is 9.69. The number of aliphatic hydroxyl groups is 1. The first-order valence-electron chi connectivity index (χ1n) is 6.32. The third-order valence-corrected chi connectivity index (χ3v) is 3.32. The summed E-state index contributed by atoms with van der Waals surface area (Å²) in [5.41, 5.74) is 0. The van der Waals surface area contributed by atoms with Crippen molar-refractivity contribution in [3.63, 3.8) is 0 Å². The van der Waals surface area contributed by atoms with Gasteiger partial charge in [-0.1, -0.05) is 6.07 Å². The lowest BCUT2D eigenvalue weighted by Gasteiger charge is -2.13. The maximum atomic E-state index is 9.69. The fourth-order valence-corrected chi connectivity index (χ4v) is 2.18. The Morgan fingerprint density at radius 2 is 2.33 bits per heavy atom. The fourth-order valence-electron chi connectivity index (χ4n) is 1.54. The van der Waals surface area contributed by atoms with Crippen LogP contribution in [0.1, 0.15) is 11.3 Å². The van der Waals surface area contributed by atoms with E-state index in [2.05, 4.69) is 24.3 Å². The summed E-state index contributed by atoms with van der Waals surface area (Å²) < 4.78 is 5.45. The number of hydrogen-bond acceptors (Lipinski definition) is 5. The molecule has 1 unspecified atom stereocenters. The van der Waals surface area contributed by atoms with Crippen molar-refractivity contribution in [2.24, 2.45) is 0 Å². The molecule has 0 radical (unpaired) electrons. The molecule has 18 heavy (non-hydrogen) atoms. The molecule has 0 saturated carbocycles. The highest BCUT2D eigenvalue weighted by molar-refractivity contribution is 7.09. The molecule has 0 spiro atoms. The molecule has 0 bridgehead atoms. The minimum Gasteiger partial charge on any atom is -0.389 e. The zero-order chi connectivity index (χ0) is 13.2. The number of rotatable bonds is 10. The van der Waals surface area contributed by atoms with Crippen LogP contribution in [0.4, 0.5) is 0 Å². The lowest BCUT2D eigenvalue weighted by atomic mass is 10.3. The number of aliphatic hydroxyl groups excluding tert-OH is 1. The quantitative estimate of drug-likeness (QED) is 0.628. The molecule has 0 aliphatic carbocycles. The molecular weight excluding hydrogens is 248 g/mol. The van der Waals surface area contributed by atoms with Gasteiger partial charge in [0, 0.05) is 11.4 Å². The predicted octanol–water partition coefficient (Wildman–Crippen LogP) is 1.17. The topological polar surface area (TPSA) is 44.7 Å². The van der Waals surface area contributed by atoms with E-state index in [0.29, 0.717) is 19.8 Å². The maximum Gasteiger partial charge on any atom is 0.0897 e. The van der Waals surface area contributed by atoms with Crippen molar-refractivity contribution in [1.29, 1.82) is 0 Å². The summed E-state index contributed by atoms with van der Waals surface area (Å²) in [4.78, 5) is 3.35. The van der Waals surface area contributed by atoms with Crippen LogP contribution in [0.25, 0.3) is 0 Å². The van der Waals surface area contributed by atoms with Crippen molar-refractivity contribution in [1.82, 2.24) is 10.2 Å². The van der Waals surface area contributed by atoms with Gasteiger partial charge >= 0.3 is 0 Å². The molecule has 0 aliphatic rings. The summed E-state index contributed by atoms with van der Waals surface area (Å²) in [6.45, 7) is 3.57. The standard InChI is InChI=1S/C13H24N2O2S/c1-15(2)7-4-6-14-9-12(16)10-17-11-13-5-3-8-18-13/h3,5,8,12,14,16H,4,6-7,9-11H2,1-2H3. The van der Waals surface area contributed by atoms with Gasteiger partial charge in [-0.2, -0.15) is 0 Å². The summed E-state index contributed by atoms with van der Waals surface area (Å²) in [5, 5.41) is 15.0. The Morgan fingerprint density at radius 3 is 3.00 bits per heavy atom. The van der Waals surface area contributed by atoms with E-state index in [4.69, 9.17) is 4.74 Å². The average molecular weight is 272 g/mol. The molecule has 1 rings (SSSR count). The SMILES string of the molecule is CN(C)CCCNCC(O)COCc1cccs1. The van der Waals surface area contributed by atoms with Gasteiger partial charge < -0.3 is 20.1 Å². The molecule has 1 aromatic heterocycles. The van der Waals surface area contributed by atoms with Crippen molar-refractivity contribution < 1.29 is 9.84 Å². The molecule has 0 fully saturated rings. The Balaban J connectivity index is 1.92. The Hall–Kier alpha value is -0.460. The largest absolute Gasteiger partial charge is 0.389 e. The summed E-state index contributed by atoms with van der Waals surface area (Å²) in [6.07, 6.45) is 0.666.